The molecule has 0 atom stereocenters. The maximum Gasteiger partial charge on any atom is 0.354 e. The SMILES string of the molecule is COCc1cncnc1C(=O)O. The predicted molar refractivity (Wildman–Crippen MR) is 39.7 cm³/mol. The second kappa shape index (κ2) is 3.77. The number of aromatic carboxylic acids is 1. The zero-order valence-electron chi connectivity index (χ0n) is 6.52. The first-order chi connectivity index (χ1) is 5.75. The van der Waals surface area contributed by atoms with Gasteiger partial charge < -0.3 is 9.84 Å². The zero-order valence-corrected chi connectivity index (χ0v) is 6.52. The van der Waals surface area contributed by atoms with Crippen LogP contribution < -0.4 is 0 Å². The molecule has 5 nitrogen and oxygen atoms in total. The van der Waals surface area contributed by atoms with E-state index < -0.39 is 5.97 Å². The third-order valence-corrected chi connectivity index (χ3v) is 1.29. The fourth-order valence-electron chi connectivity index (χ4n) is 0.812. The number of carboxylic acid groups (broad SMARTS) is 1. The number of rotatable bonds is 3. The van der Waals surface area contributed by atoms with Gasteiger partial charge in [-0.25, -0.2) is 14.8 Å². The van der Waals surface area contributed by atoms with Gasteiger partial charge in [0.2, 0.25) is 0 Å². The highest BCUT2D eigenvalue weighted by molar-refractivity contribution is 5.86. The minimum atomic E-state index is -1.07. The van der Waals surface area contributed by atoms with Crippen molar-refractivity contribution in [1.82, 2.24) is 9.97 Å². The Balaban J connectivity index is 3.00. The molecule has 0 spiro atoms. The average Bonchev–Trinajstić information content (AvgIpc) is 2.05. The van der Waals surface area contributed by atoms with Crippen LogP contribution in [-0.4, -0.2) is 28.2 Å². The van der Waals surface area contributed by atoms with E-state index in [0.717, 1.165) is 0 Å². The van der Waals surface area contributed by atoms with Gasteiger partial charge in [0.05, 0.1) is 6.61 Å². The van der Waals surface area contributed by atoms with Crippen molar-refractivity contribution in [3.05, 3.63) is 23.8 Å². The molecular weight excluding hydrogens is 160 g/mol. The molecule has 0 unspecified atom stereocenters. The highest BCUT2D eigenvalue weighted by Gasteiger charge is 2.10. The highest BCUT2D eigenvalue weighted by atomic mass is 16.5. The minimum absolute atomic E-state index is 0.00755. The maximum atomic E-state index is 10.6. The molecule has 0 aliphatic carbocycles. The van der Waals surface area contributed by atoms with Gasteiger partial charge in [-0.15, -0.1) is 0 Å². The lowest BCUT2D eigenvalue weighted by Gasteiger charge is -2.01. The molecule has 0 radical (unpaired) electrons. The van der Waals surface area contributed by atoms with E-state index >= 15 is 0 Å². The molecule has 0 aromatic carbocycles. The number of carboxylic acids is 1. The summed E-state index contributed by atoms with van der Waals surface area (Å²) in [6.07, 6.45) is 2.63. The van der Waals surface area contributed by atoms with E-state index in [-0.39, 0.29) is 12.3 Å². The van der Waals surface area contributed by atoms with Crippen LogP contribution in [-0.2, 0) is 11.3 Å². The fourth-order valence-corrected chi connectivity index (χ4v) is 0.812. The molecule has 0 aliphatic rings. The molecule has 0 bridgehead atoms. The van der Waals surface area contributed by atoms with Crippen LogP contribution in [0.4, 0.5) is 0 Å². The van der Waals surface area contributed by atoms with E-state index in [9.17, 15) is 4.79 Å². The van der Waals surface area contributed by atoms with Gasteiger partial charge in [0, 0.05) is 18.9 Å². The summed E-state index contributed by atoms with van der Waals surface area (Å²) in [5.41, 5.74) is 0.472. The summed E-state index contributed by atoms with van der Waals surface area (Å²) >= 11 is 0. The Morgan fingerprint density at radius 2 is 2.50 bits per heavy atom. The second-order valence-electron chi connectivity index (χ2n) is 2.13. The number of nitrogens with zero attached hydrogens (tertiary/aromatic N) is 2. The van der Waals surface area contributed by atoms with Crippen molar-refractivity contribution < 1.29 is 14.6 Å². The number of hydrogen-bond donors (Lipinski definition) is 1. The van der Waals surface area contributed by atoms with Crippen LogP contribution in [0.15, 0.2) is 12.5 Å². The molecule has 0 saturated heterocycles. The number of hydrogen-bond acceptors (Lipinski definition) is 4. The Hall–Kier alpha value is -1.49. The Labute approximate surface area is 69.0 Å². The molecule has 1 rings (SSSR count). The highest BCUT2D eigenvalue weighted by Crippen LogP contribution is 2.04. The van der Waals surface area contributed by atoms with Crippen LogP contribution in [0.5, 0.6) is 0 Å². The van der Waals surface area contributed by atoms with Crippen LogP contribution in [0, 0.1) is 0 Å². The standard InChI is InChI=1S/C7H8N2O3/c1-12-3-5-2-8-4-9-6(5)7(10)11/h2,4H,3H2,1H3,(H,10,11). The number of aromatic nitrogens is 2. The van der Waals surface area contributed by atoms with E-state index in [1.54, 1.807) is 0 Å². The minimum Gasteiger partial charge on any atom is -0.476 e. The first-order valence-corrected chi connectivity index (χ1v) is 3.27. The molecule has 12 heavy (non-hydrogen) atoms. The average molecular weight is 168 g/mol. The fraction of sp³-hybridized carbons (Fsp3) is 0.286. The third kappa shape index (κ3) is 1.76. The predicted octanol–water partition coefficient (Wildman–Crippen LogP) is 0.321. The third-order valence-electron chi connectivity index (χ3n) is 1.29. The first kappa shape index (κ1) is 8.61. The summed E-state index contributed by atoms with van der Waals surface area (Å²) in [6, 6.07) is 0. The quantitative estimate of drug-likeness (QED) is 0.703. The lowest BCUT2D eigenvalue weighted by atomic mass is 10.2. The van der Waals surface area contributed by atoms with Crippen molar-refractivity contribution in [2.45, 2.75) is 6.61 Å². The van der Waals surface area contributed by atoms with Gasteiger partial charge in [-0.1, -0.05) is 0 Å². The molecule has 0 aliphatic heterocycles. The summed E-state index contributed by atoms with van der Waals surface area (Å²) in [5, 5.41) is 8.65. The summed E-state index contributed by atoms with van der Waals surface area (Å²) in [5.74, 6) is -1.07. The van der Waals surface area contributed by atoms with Crippen LogP contribution >= 0.6 is 0 Å². The summed E-state index contributed by atoms with van der Waals surface area (Å²) in [4.78, 5) is 17.8. The smallest absolute Gasteiger partial charge is 0.354 e. The molecule has 1 heterocycles. The van der Waals surface area contributed by atoms with Crippen molar-refractivity contribution in [3.8, 4) is 0 Å². The molecule has 1 aromatic rings. The molecule has 1 aromatic heterocycles. The Bertz CT molecular complexity index is 288. The largest absolute Gasteiger partial charge is 0.476 e. The number of carbonyl (C=O) groups is 1. The van der Waals surface area contributed by atoms with Crippen molar-refractivity contribution in [2.24, 2.45) is 0 Å². The van der Waals surface area contributed by atoms with Gasteiger partial charge in [0.15, 0.2) is 5.69 Å². The maximum absolute atomic E-state index is 10.6. The van der Waals surface area contributed by atoms with E-state index in [1.807, 2.05) is 0 Å². The van der Waals surface area contributed by atoms with Crippen LogP contribution in [0.1, 0.15) is 16.1 Å². The Kier molecular flexibility index (Phi) is 2.71. The summed E-state index contributed by atoms with van der Waals surface area (Å²) in [7, 11) is 1.48. The zero-order chi connectivity index (χ0) is 8.97. The van der Waals surface area contributed by atoms with Crippen LogP contribution in [0.25, 0.3) is 0 Å². The molecule has 0 amide bonds. The molecule has 5 heteroatoms. The number of ether oxygens (including phenoxy) is 1. The van der Waals surface area contributed by atoms with Crippen molar-refractivity contribution in [1.29, 1.82) is 0 Å². The normalized spacial score (nSPS) is 9.75. The molecule has 0 fully saturated rings. The first-order valence-electron chi connectivity index (χ1n) is 3.27. The van der Waals surface area contributed by atoms with E-state index in [2.05, 4.69) is 9.97 Å². The van der Waals surface area contributed by atoms with Gasteiger partial charge in [-0.3, -0.25) is 0 Å². The van der Waals surface area contributed by atoms with Crippen LogP contribution in [0.2, 0.25) is 0 Å². The molecule has 1 N–H and O–H groups in total. The van der Waals surface area contributed by atoms with E-state index in [1.165, 1.54) is 19.6 Å². The van der Waals surface area contributed by atoms with E-state index in [0.29, 0.717) is 5.56 Å². The van der Waals surface area contributed by atoms with Crippen molar-refractivity contribution in [2.75, 3.05) is 7.11 Å². The van der Waals surface area contributed by atoms with E-state index in [4.69, 9.17) is 9.84 Å². The molecular formula is C7H8N2O3. The Morgan fingerprint density at radius 1 is 1.75 bits per heavy atom. The lowest BCUT2D eigenvalue weighted by Crippen LogP contribution is -2.06. The lowest BCUT2D eigenvalue weighted by molar-refractivity contribution is 0.0684. The Morgan fingerprint density at radius 3 is 3.08 bits per heavy atom. The molecule has 0 saturated carbocycles. The van der Waals surface area contributed by atoms with Gasteiger partial charge in [-0.2, -0.15) is 0 Å². The van der Waals surface area contributed by atoms with Gasteiger partial charge in [-0.05, 0) is 0 Å². The number of methoxy groups -OCH3 is 1. The molecule has 64 valence electrons. The second-order valence-corrected chi connectivity index (χ2v) is 2.13. The summed E-state index contributed by atoms with van der Waals surface area (Å²) < 4.78 is 4.78. The monoisotopic (exact) mass is 168 g/mol. The van der Waals surface area contributed by atoms with Crippen molar-refractivity contribution in [3.63, 3.8) is 0 Å². The van der Waals surface area contributed by atoms with Gasteiger partial charge in [0.25, 0.3) is 0 Å². The summed E-state index contributed by atoms with van der Waals surface area (Å²) in [6.45, 7) is 0.211. The van der Waals surface area contributed by atoms with Gasteiger partial charge >= 0.3 is 5.97 Å². The van der Waals surface area contributed by atoms with Gasteiger partial charge in [0.1, 0.15) is 6.33 Å². The van der Waals surface area contributed by atoms with Crippen LogP contribution in [0.3, 0.4) is 0 Å². The van der Waals surface area contributed by atoms with Crippen molar-refractivity contribution >= 4 is 5.97 Å². The topological polar surface area (TPSA) is 72.3 Å².